The fourth-order valence-electron chi connectivity index (χ4n) is 3.35. The number of benzene rings is 2. The molecule has 2 aromatic carbocycles. The average molecular weight is 558 g/mol. The molecule has 0 radical (unpaired) electrons. The summed E-state index contributed by atoms with van der Waals surface area (Å²) in [6.45, 7) is 9.81. The van der Waals surface area contributed by atoms with Crippen LogP contribution in [0, 0.1) is 0 Å². The number of ether oxygens (including phenoxy) is 1. The molecule has 0 aromatic heterocycles. The lowest BCUT2D eigenvalue weighted by molar-refractivity contribution is -0.143. The minimum atomic E-state index is -0.665. The van der Waals surface area contributed by atoms with Crippen molar-refractivity contribution in [1.82, 2.24) is 10.2 Å². The van der Waals surface area contributed by atoms with Crippen molar-refractivity contribution in [3.8, 4) is 5.75 Å². The molecular formula is C25H31BrCl2N2O3. The molecule has 8 heteroatoms. The van der Waals surface area contributed by atoms with Gasteiger partial charge >= 0.3 is 0 Å². The van der Waals surface area contributed by atoms with Crippen molar-refractivity contribution in [2.45, 2.75) is 65.6 Å². The molecule has 5 nitrogen and oxygen atoms in total. The first-order valence-corrected chi connectivity index (χ1v) is 12.5. The maximum absolute atomic E-state index is 13.3. The van der Waals surface area contributed by atoms with Gasteiger partial charge in [0.05, 0.1) is 4.47 Å². The fourth-order valence-corrected chi connectivity index (χ4v) is 4.33. The van der Waals surface area contributed by atoms with Crippen LogP contribution in [0.1, 0.15) is 58.1 Å². The molecule has 0 saturated carbocycles. The Labute approximate surface area is 214 Å². The molecule has 2 aromatic rings. The van der Waals surface area contributed by atoms with Crippen molar-refractivity contribution >= 4 is 50.9 Å². The van der Waals surface area contributed by atoms with Crippen LogP contribution in [-0.2, 0) is 16.1 Å². The molecule has 1 N–H and O–H groups in total. The number of carbonyl (C=O) groups is 2. The number of rotatable bonds is 10. The summed E-state index contributed by atoms with van der Waals surface area (Å²) >= 11 is 15.9. The van der Waals surface area contributed by atoms with Crippen LogP contribution in [0.15, 0.2) is 40.9 Å². The van der Waals surface area contributed by atoms with Gasteiger partial charge in [0.1, 0.15) is 11.8 Å². The number of carbonyl (C=O) groups excluding carboxylic acids is 2. The van der Waals surface area contributed by atoms with E-state index in [1.807, 2.05) is 39.0 Å². The molecule has 0 bridgehead atoms. The second kappa shape index (κ2) is 12.6. The molecule has 0 aliphatic heterocycles. The second-order valence-electron chi connectivity index (χ2n) is 8.48. The van der Waals surface area contributed by atoms with E-state index in [-0.39, 0.29) is 31.0 Å². The summed E-state index contributed by atoms with van der Waals surface area (Å²) in [5, 5.41) is 3.84. The van der Waals surface area contributed by atoms with Crippen LogP contribution in [0.5, 0.6) is 5.75 Å². The summed E-state index contributed by atoms with van der Waals surface area (Å²) in [5.74, 6) is 0.415. The normalized spacial score (nSPS) is 12.1. The standard InChI is InChI=1S/C25H31BrCl2N2O3/c1-6-22(25(32)29-16(4)5)30(13-18-7-9-19(27)12-21(18)28)24(31)14-33-23-10-8-17(15(2)3)11-20(23)26/h7-12,15-16,22H,6,13-14H2,1-5H3,(H,29,32)/t22-/m1/s1. The highest BCUT2D eigenvalue weighted by atomic mass is 79.9. The first-order valence-electron chi connectivity index (χ1n) is 11.0. The highest BCUT2D eigenvalue weighted by molar-refractivity contribution is 9.10. The lowest BCUT2D eigenvalue weighted by atomic mass is 10.0. The van der Waals surface area contributed by atoms with Crippen molar-refractivity contribution < 1.29 is 14.3 Å². The third-order valence-corrected chi connectivity index (χ3v) is 6.35. The minimum Gasteiger partial charge on any atom is -0.483 e. The summed E-state index contributed by atoms with van der Waals surface area (Å²) in [4.78, 5) is 27.7. The Hall–Kier alpha value is -1.76. The topological polar surface area (TPSA) is 58.6 Å². The third-order valence-electron chi connectivity index (χ3n) is 5.15. The van der Waals surface area contributed by atoms with E-state index >= 15 is 0 Å². The SMILES string of the molecule is CC[C@H](C(=O)NC(C)C)N(Cc1ccc(Cl)cc1Cl)C(=O)COc1ccc(C(C)C)cc1Br. The Balaban J connectivity index is 2.27. The van der Waals surface area contributed by atoms with Crippen LogP contribution in [0.25, 0.3) is 0 Å². The Morgan fingerprint density at radius 1 is 1.09 bits per heavy atom. The first kappa shape index (κ1) is 27.5. The van der Waals surface area contributed by atoms with E-state index in [1.54, 1.807) is 18.2 Å². The van der Waals surface area contributed by atoms with E-state index < -0.39 is 6.04 Å². The zero-order valence-electron chi connectivity index (χ0n) is 19.6. The third kappa shape index (κ3) is 7.90. The smallest absolute Gasteiger partial charge is 0.261 e. The molecule has 0 aliphatic carbocycles. The predicted octanol–water partition coefficient (Wildman–Crippen LogP) is 6.59. The highest BCUT2D eigenvalue weighted by Crippen LogP contribution is 2.29. The van der Waals surface area contributed by atoms with E-state index in [2.05, 4.69) is 35.1 Å². The van der Waals surface area contributed by atoms with Gasteiger partial charge in [-0.2, -0.15) is 0 Å². The molecule has 0 saturated heterocycles. The van der Waals surface area contributed by atoms with Crippen molar-refractivity contribution in [2.75, 3.05) is 6.61 Å². The van der Waals surface area contributed by atoms with Gasteiger partial charge in [-0.3, -0.25) is 9.59 Å². The van der Waals surface area contributed by atoms with Crippen molar-refractivity contribution in [3.63, 3.8) is 0 Å². The molecule has 0 aliphatic rings. The Kier molecular flexibility index (Phi) is 10.5. The molecule has 33 heavy (non-hydrogen) atoms. The van der Waals surface area contributed by atoms with Crippen LogP contribution in [0.2, 0.25) is 10.0 Å². The first-order chi connectivity index (χ1) is 15.5. The molecule has 1 atom stereocenters. The van der Waals surface area contributed by atoms with E-state index in [4.69, 9.17) is 27.9 Å². The molecule has 180 valence electrons. The number of hydrogen-bond donors (Lipinski definition) is 1. The number of nitrogens with one attached hydrogen (secondary N) is 1. The van der Waals surface area contributed by atoms with E-state index in [0.717, 1.165) is 10.0 Å². The monoisotopic (exact) mass is 556 g/mol. The van der Waals surface area contributed by atoms with Crippen molar-refractivity contribution in [1.29, 1.82) is 0 Å². The molecule has 0 spiro atoms. The largest absolute Gasteiger partial charge is 0.483 e. The summed E-state index contributed by atoms with van der Waals surface area (Å²) in [5.41, 5.74) is 1.86. The summed E-state index contributed by atoms with van der Waals surface area (Å²) in [7, 11) is 0. The Bertz CT molecular complexity index is 982. The highest BCUT2D eigenvalue weighted by Gasteiger charge is 2.30. The van der Waals surface area contributed by atoms with Crippen LogP contribution < -0.4 is 10.1 Å². The number of hydrogen-bond acceptors (Lipinski definition) is 3. The molecular weight excluding hydrogens is 527 g/mol. The number of amides is 2. The van der Waals surface area contributed by atoms with Gasteiger partial charge < -0.3 is 15.0 Å². The molecule has 0 unspecified atom stereocenters. The van der Waals surface area contributed by atoms with E-state index in [0.29, 0.717) is 33.7 Å². The second-order valence-corrected chi connectivity index (χ2v) is 10.2. The number of halogens is 3. The van der Waals surface area contributed by atoms with Crippen LogP contribution >= 0.6 is 39.1 Å². The fraction of sp³-hybridized carbons (Fsp3) is 0.440. The van der Waals surface area contributed by atoms with Gasteiger partial charge in [0.25, 0.3) is 5.91 Å². The van der Waals surface area contributed by atoms with Gasteiger partial charge in [-0.15, -0.1) is 0 Å². The number of nitrogens with zero attached hydrogens (tertiary/aromatic N) is 1. The zero-order chi connectivity index (χ0) is 24.7. The zero-order valence-corrected chi connectivity index (χ0v) is 22.7. The van der Waals surface area contributed by atoms with Gasteiger partial charge in [-0.1, -0.05) is 56.1 Å². The Morgan fingerprint density at radius 3 is 2.33 bits per heavy atom. The predicted molar refractivity (Wildman–Crippen MR) is 138 cm³/mol. The van der Waals surface area contributed by atoms with E-state index in [1.165, 1.54) is 4.90 Å². The maximum Gasteiger partial charge on any atom is 0.261 e. The van der Waals surface area contributed by atoms with Gasteiger partial charge in [-0.05, 0) is 77.5 Å². The van der Waals surface area contributed by atoms with Gasteiger partial charge in [0.2, 0.25) is 5.91 Å². The van der Waals surface area contributed by atoms with Crippen LogP contribution in [0.3, 0.4) is 0 Å². The van der Waals surface area contributed by atoms with E-state index in [9.17, 15) is 9.59 Å². The molecule has 2 amide bonds. The van der Waals surface area contributed by atoms with Crippen molar-refractivity contribution in [2.24, 2.45) is 0 Å². The quantitative estimate of drug-likeness (QED) is 0.358. The summed E-state index contributed by atoms with van der Waals surface area (Å²) in [6, 6.07) is 10.2. The average Bonchev–Trinajstić information content (AvgIpc) is 2.73. The van der Waals surface area contributed by atoms with Gasteiger partial charge in [-0.25, -0.2) is 0 Å². The summed E-state index contributed by atoms with van der Waals surface area (Å²) < 4.78 is 6.61. The van der Waals surface area contributed by atoms with Gasteiger partial charge in [0, 0.05) is 22.6 Å². The van der Waals surface area contributed by atoms with Gasteiger partial charge in [0.15, 0.2) is 6.61 Å². The lowest BCUT2D eigenvalue weighted by Crippen LogP contribution is -2.51. The molecule has 0 fully saturated rings. The van der Waals surface area contributed by atoms with Crippen molar-refractivity contribution in [3.05, 3.63) is 62.0 Å². The maximum atomic E-state index is 13.3. The molecule has 2 rings (SSSR count). The Morgan fingerprint density at radius 2 is 1.79 bits per heavy atom. The van der Waals surface area contributed by atoms with Crippen LogP contribution in [-0.4, -0.2) is 35.4 Å². The minimum absolute atomic E-state index is 0.0469. The lowest BCUT2D eigenvalue weighted by Gasteiger charge is -2.31. The van der Waals surface area contributed by atoms with Crippen LogP contribution in [0.4, 0.5) is 0 Å². The molecule has 0 heterocycles. The summed E-state index contributed by atoms with van der Waals surface area (Å²) in [6.07, 6.45) is 0.447.